The average Bonchev–Trinajstić information content (AvgIpc) is 3.28. The summed E-state index contributed by atoms with van der Waals surface area (Å²) in [7, 11) is 1.85. The van der Waals surface area contributed by atoms with Crippen LogP contribution in [0.15, 0.2) is 53.5 Å². The molecule has 1 atom stereocenters. The highest BCUT2D eigenvalue weighted by atomic mass is 16.5. The Kier molecular flexibility index (Phi) is 9.69. The van der Waals surface area contributed by atoms with E-state index >= 15 is 0 Å². The van der Waals surface area contributed by atoms with E-state index in [9.17, 15) is 0 Å². The van der Waals surface area contributed by atoms with Crippen LogP contribution >= 0.6 is 0 Å². The van der Waals surface area contributed by atoms with Crippen molar-refractivity contribution in [2.75, 3.05) is 46.5 Å². The molecule has 1 N–H and O–H groups in total. The standard InChI is InChI=1S/C26H37N3O3/c1-4-31-24-12-11-21(17-25(24)32-5-2)13-15-28-26(27-3)29-16-14-23(18-29)20-30-19-22-9-7-6-8-10-22/h6-12,17,23H,4-5,13-16,18-20H2,1-3H3,(H,27,28). The van der Waals surface area contributed by atoms with Crippen molar-refractivity contribution in [2.24, 2.45) is 10.9 Å². The molecule has 1 unspecified atom stereocenters. The highest BCUT2D eigenvalue weighted by molar-refractivity contribution is 5.80. The first-order valence-corrected chi connectivity index (χ1v) is 11.7. The molecule has 174 valence electrons. The van der Waals surface area contributed by atoms with Gasteiger partial charge in [-0.15, -0.1) is 0 Å². The maximum atomic E-state index is 5.95. The van der Waals surface area contributed by atoms with Gasteiger partial charge in [-0.05, 0) is 49.9 Å². The lowest BCUT2D eigenvalue weighted by Gasteiger charge is -2.22. The molecule has 0 amide bonds. The van der Waals surface area contributed by atoms with Crippen LogP contribution in [0.2, 0.25) is 0 Å². The van der Waals surface area contributed by atoms with E-state index in [0.717, 1.165) is 56.5 Å². The summed E-state index contributed by atoms with van der Waals surface area (Å²) < 4.78 is 17.4. The zero-order valence-electron chi connectivity index (χ0n) is 19.7. The minimum atomic E-state index is 0.539. The molecule has 2 aromatic rings. The van der Waals surface area contributed by atoms with Gasteiger partial charge in [0.05, 0.1) is 26.4 Å². The first kappa shape index (κ1) is 23.9. The zero-order valence-corrected chi connectivity index (χ0v) is 19.7. The van der Waals surface area contributed by atoms with Crippen LogP contribution in [0.3, 0.4) is 0 Å². The van der Waals surface area contributed by atoms with E-state index in [4.69, 9.17) is 14.2 Å². The highest BCUT2D eigenvalue weighted by Crippen LogP contribution is 2.28. The summed E-state index contributed by atoms with van der Waals surface area (Å²) in [4.78, 5) is 6.83. The Labute approximate surface area is 192 Å². The lowest BCUT2D eigenvalue weighted by molar-refractivity contribution is 0.0907. The Morgan fingerprint density at radius 1 is 1.03 bits per heavy atom. The molecule has 1 fully saturated rings. The van der Waals surface area contributed by atoms with E-state index in [-0.39, 0.29) is 0 Å². The van der Waals surface area contributed by atoms with Gasteiger partial charge in [0, 0.05) is 32.6 Å². The number of ether oxygens (including phenoxy) is 3. The minimum Gasteiger partial charge on any atom is -0.490 e. The second kappa shape index (κ2) is 13.0. The molecule has 0 aromatic heterocycles. The van der Waals surface area contributed by atoms with Crippen LogP contribution in [-0.2, 0) is 17.8 Å². The summed E-state index contributed by atoms with van der Waals surface area (Å²) in [6, 6.07) is 16.5. The first-order chi connectivity index (χ1) is 15.7. The topological polar surface area (TPSA) is 55.3 Å². The predicted octanol–water partition coefficient (Wildman–Crippen LogP) is 4.14. The molecule has 0 aliphatic carbocycles. The number of likely N-dealkylation sites (tertiary alicyclic amines) is 1. The number of nitrogens with zero attached hydrogens (tertiary/aromatic N) is 2. The van der Waals surface area contributed by atoms with Crippen LogP contribution in [0.5, 0.6) is 11.5 Å². The van der Waals surface area contributed by atoms with Gasteiger partial charge in [-0.25, -0.2) is 0 Å². The normalized spacial score (nSPS) is 16.3. The van der Waals surface area contributed by atoms with Crippen molar-refractivity contribution >= 4 is 5.96 Å². The Morgan fingerprint density at radius 2 is 1.81 bits per heavy atom. The quantitative estimate of drug-likeness (QED) is 0.421. The van der Waals surface area contributed by atoms with Crippen LogP contribution in [0, 0.1) is 5.92 Å². The summed E-state index contributed by atoms with van der Waals surface area (Å²) >= 11 is 0. The molecule has 0 bridgehead atoms. The maximum Gasteiger partial charge on any atom is 0.193 e. The maximum absolute atomic E-state index is 5.95. The summed E-state index contributed by atoms with van der Waals surface area (Å²) in [5, 5.41) is 3.52. The monoisotopic (exact) mass is 439 g/mol. The Hall–Kier alpha value is -2.73. The molecular formula is C26H37N3O3. The smallest absolute Gasteiger partial charge is 0.193 e. The highest BCUT2D eigenvalue weighted by Gasteiger charge is 2.24. The predicted molar refractivity (Wildman–Crippen MR) is 130 cm³/mol. The van der Waals surface area contributed by atoms with Gasteiger partial charge >= 0.3 is 0 Å². The van der Waals surface area contributed by atoms with Gasteiger partial charge in [0.1, 0.15) is 0 Å². The van der Waals surface area contributed by atoms with Crippen LogP contribution in [0.4, 0.5) is 0 Å². The van der Waals surface area contributed by atoms with Crippen LogP contribution in [0.25, 0.3) is 0 Å². The molecule has 32 heavy (non-hydrogen) atoms. The summed E-state index contributed by atoms with van der Waals surface area (Å²) in [6.45, 7) is 9.50. The van der Waals surface area contributed by atoms with Crippen molar-refractivity contribution in [3.05, 3.63) is 59.7 Å². The number of aliphatic imine (C=N–C) groups is 1. The van der Waals surface area contributed by atoms with E-state index in [0.29, 0.717) is 25.7 Å². The third kappa shape index (κ3) is 7.16. The number of rotatable bonds is 11. The molecule has 2 aromatic carbocycles. The number of benzene rings is 2. The third-order valence-electron chi connectivity index (χ3n) is 5.57. The van der Waals surface area contributed by atoms with E-state index < -0.39 is 0 Å². The van der Waals surface area contributed by atoms with Gasteiger partial charge in [0.2, 0.25) is 0 Å². The average molecular weight is 440 g/mol. The Bertz CT molecular complexity index is 841. The van der Waals surface area contributed by atoms with Gasteiger partial charge in [-0.3, -0.25) is 4.99 Å². The van der Waals surface area contributed by atoms with Gasteiger partial charge in [-0.1, -0.05) is 36.4 Å². The molecule has 6 nitrogen and oxygen atoms in total. The summed E-state index contributed by atoms with van der Waals surface area (Å²) in [5.74, 6) is 3.12. The van der Waals surface area contributed by atoms with Crippen molar-refractivity contribution < 1.29 is 14.2 Å². The second-order valence-electron chi connectivity index (χ2n) is 7.97. The minimum absolute atomic E-state index is 0.539. The SMILES string of the molecule is CCOc1ccc(CCNC(=NC)N2CCC(COCc3ccccc3)C2)cc1OCC. The van der Waals surface area contributed by atoms with Crippen molar-refractivity contribution in [3.8, 4) is 11.5 Å². The number of hydrogen-bond donors (Lipinski definition) is 1. The lowest BCUT2D eigenvalue weighted by Crippen LogP contribution is -2.41. The Balaban J connectivity index is 1.42. The molecule has 0 radical (unpaired) electrons. The molecule has 3 rings (SSSR count). The van der Waals surface area contributed by atoms with Gasteiger partial charge in [0.15, 0.2) is 17.5 Å². The van der Waals surface area contributed by atoms with Crippen molar-refractivity contribution in [2.45, 2.75) is 33.3 Å². The molecular weight excluding hydrogens is 402 g/mol. The second-order valence-corrected chi connectivity index (χ2v) is 7.97. The van der Waals surface area contributed by atoms with Gasteiger partial charge < -0.3 is 24.4 Å². The molecule has 1 saturated heterocycles. The van der Waals surface area contributed by atoms with Gasteiger partial charge in [-0.2, -0.15) is 0 Å². The van der Waals surface area contributed by atoms with E-state index in [1.54, 1.807) is 0 Å². The molecule has 0 saturated carbocycles. The first-order valence-electron chi connectivity index (χ1n) is 11.7. The van der Waals surface area contributed by atoms with E-state index in [1.807, 2.05) is 33.0 Å². The number of guanidine groups is 1. The van der Waals surface area contributed by atoms with Crippen LogP contribution in [0.1, 0.15) is 31.4 Å². The Morgan fingerprint density at radius 3 is 2.56 bits per heavy atom. The molecule has 1 heterocycles. The summed E-state index contributed by atoms with van der Waals surface area (Å²) in [5.41, 5.74) is 2.44. The van der Waals surface area contributed by atoms with Gasteiger partial charge in [0.25, 0.3) is 0 Å². The van der Waals surface area contributed by atoms with Crippen LogP contribution in [-0.4, -0.2) is 57.4 Å². The fraction of sp³-hybridized carbons (Fsp3) is 0.500. The largest absolute Gasteiger partial charge is 0.490 e. The van der Waals surface area contributed by atoms with Crippen molar-refractivity contribution in [1.29, 1.82) is 0 Å². The fourth-order valence-electron chi connectivity index (χ4n) is 3.98. The van der Waals surface area contributed by atoms with Crippen LogP contribution < -0.4 is 14.8 Å². The zero-order chi connectivity index (χ0) is 22.6. The van der Waals surface area contributed by atoms with Crippen molar-refractivity contribution in [3.63, 3.8) is 0 Å². The fourth-order valence-corrected chi connectivity index (χ4v) is 3.98. The molecule has 0 spiro atoms. The number of nitrogens with one attached hydrogen (secondary N) is 1. The van der Waals surface area contributed by atoms with Crippen molar-refractivity contribution in [1.82, 2.24) is 10.2 Å². The van der Waals surface area contributed by atoms with E-state index in [1.165, 1.54) is 11.1 Å². The third-order valence-corrected chi connectivity index (χ3v) is 5.57. The molecule has 6 heteroatoms. The molecule has 1 aliphatic rings. The summed E-state index contributed by atoms with van der Waals surface area (Å²) in [6.07, 6.45) is 2.02. The van der Waals surface area contributed by atoms with E-state index in [2.05, 4.69) is 51.6 Å². The number of hydrogen-bond acceptors (Lipinski definition) is 4. The molecule has 1 aliphatic heterocycles. The lowest BCUT2D eigenvalue weighted by atomic mass is 10.1.